The van der Waals surface area contributed by atoms with Gasteiger partial charge in [0.2, 0.25) is 0 Å². The molecule has 0 radical (unpaired) electrons. The van der Waals surface area contributed by atoms with Crippen molar-refractivity contribution in [2.24, 2.45) is 0 Å². The lowest BCUT2D eigenvalue weighted by molar-refractivity contribution is -0.305. The van der Waals surface area contributed by atoms with Gasteiger partial charge in [0.15, 0.2) is 0 Å². The Bertz CT molecular complexity index is 1070. The summed E-state index contributed by atoms with van der Waals surface area (Å²) in [5.74, 6) is -0.133. The van der Waals surface area contributed by atoms with Gasteiger partial charge in [0.1, 0.15) is 16.9 Å². The highest BCUT2D eigenvalue weighted by molar-refractivity contribution is 6.00. The van der Waals surface area contributed by atoms with Crippen molar-refractivity contribution in [1.29, 1.82) is 0 Å². The summed E-state index contributed by atoms with van der Waals surface area (Å²) in [5.41, 5.74) is 4.12. The first-order chi connectivity index (χ1) is 12.0. The molecule has 25 heavy (non-hydrogen) atoms. The second-order valence-electron chi connectivity index (χ2n) is 6.83. The van der Waals surface area contributed by atoms with Gasteiger partial charge in [0.25, 0.3) is 0 Å². The molecule has 5 nitrogen and oxygen atoms in total. The molecule has 0 amide bonds. The topological polar surface area (TPSA) is 83.5 Å². The third kappa shape index (κ3) is 2.46. The van der Waals surface area contributed by atoms with E-state index in [1.165, 1.54) is 5.56 Å². The van der Waals surface area contributed by atoms with Gasteiger partial charge in [-0.1, -0.05) is 0 Å². The normalized spacial score (nSPS) is 14.2. The highest BCUT2D eigenvalue weighted by Gasteiger charge is 2.22. The highest BCUT2D eigenvalue weighted by atomic mass is 16.4. The molecule has 1 aliphatic rings. The number of carbonyl (C=O) groups is 1. The minimum absolute atomic E-state index is 0.118. The lowest BCUT2D eigenvalue weighted by Gasteiger charge is -2.11. The van der Waals surface area contributed by atoms with Crippen LogP contribution in [0.2, 0.25) is 0 Å². The number of fused-ring (bicyclic) bond motifs is 4. The number of aryl methyl sites for hydroxylation is 4. The summed E-state index contributed by atoms with van der Waals surface area (Å²) in [7, 11) is 0. The summed E-state index contributed by atoms with van der Waals surface area (Å²) in [4.78, 5) is 23.1. The molecule has 0 atom stereocenters. The van der Waals surface area contributed by atoms with Crippen molar-refractivity contribution in [2.45, 2.75) is 52.4 Å². The molecule has 5 heteroatoms. The van der Waals surface area contributed by atoms with Gasteiger partial charge in [-0.3, -0.25) is 0 Å². The minimum atomic E-state index is -1.17. The molecule has 1 aromatic carbocycles. The van der Waals surface area contributed by atoms with E-state index in [4.69, 9.17) is 8.83 Å². The van der Waals surface area contributed by atoms with Gasteiger partial charge in [0, 0.05) is 39.9 Å². The Balaban J connectivity index is 2.01. The molecule has 2 aromatic heterocycles. The fraction of sp³-hybridized carbons (Fsp3) is 0.400. The predicted molar refractivity (Wildman–Crippen MR) is 91.7 cm³/mol. The smallest absolute Gasteiger partial charge is 0.339 e. The van der Waals surface area contributed by atoms with Gasteiger partial charge in [-0.15, -0.1) is 0 Å². The summed E-state index contributed by atoms with van der Waals surface area (Å²) in [5, 5.41) is 12.7. The number of benzene rings is 1. The van der Waals surface area contributed by atoms with E-state index in [1.807, 2.05) is 19.9 Å². The summed E-state index contributed by atoms with van der Waals surface area (Å²) in [6.45, 7) is 3.75. The molecule has 0 saturated heterocycles. The number of carboxylic acid groups (broad SMARTS) is 1. The lowest BCUT2D eigenvalue weighted by atomic mass is 9.93. The van der Waals surface area contributed by atoms with Gasteiger partial charge >= 0.3 is 5.63 Å². The van der Waals surface area contributed by atoms with Crippen molar-refractivity contribution in [1.82, 2.24) is 0 Å². The number of rotatable bonds is 3. The van der Waals surface area contributed by atoms with E-state index in [1.54, 1.807) is 0 Å². The second-order valence-corrected chi connectivity index (χ2v) is 6.83. The van der Waals surface area contributed by atoms with Gasteiger partial charge < -0.3 is 18.7 Å². The molecule has 130 valence electrons. The van der Waals surface area contributed by atoms with Crippen LogP contribution in [0.3, 0.4) is 0 Å². The molecule has 0 fully saturated rings. The number of furan rings is 1. The average molecular weight is 339 g/mol. The van der Waals surface area contributed by atoms with Crippen LogP contribution in [-0.2, 0) is 24.1 Å². The van der Waals surface area contributed by atoms with E-state index < -0.39 is 11.6 Å². The first-order valence-electron chi connectivity index (χ1n) is 8.67. The second kappa shape index (κ2) is 5.76. The van der Waals surface area contributed by atoms with Crippen LogP contribution in [0.25, 0.3) is 21.9 Å². The zero-order valence-electron chi connectivity index (χ0n) is 14.4. The maximum Gasteiger partial charge on any atom is 0.339 e. The molecular weight excluding hydrogens is 320 g/mol. The molecule has 1 aliphatic carbocycles. The Labute approximate surface area is 144 Å². The lowest BCUT2D eigenvalue weighted by Crippen LogP contribution is -2.24. The van der Waals surface area contributed by atoms with Crippen molar-refractivity contribution in [2.75, 3.05) is 0 Å². The van der Waals surface area contributed by atoms with Crippen LogP contribution in [0.5, 0.6) is 0 Å². The third-order valence-corrected chi connectivity index (χ3v) is 5.30. The first-order valence-corrected chi connectivity index (χ1v) is 8.67. The van der Waals surface area contributed by atoms with E-state index in [0.29, 0.717) is 11.1 Å². The number of carboxylic acids is 1. The Morgan fingerprint density at radius 2 is 1.80 bits per heavy atom. The van der Waals surface area contributed by atoms with Crippen molar-refractivity contribution in [3.8, 4) is 0 Å². The molecule has 4 rings (SSSR count). The SMILES string of the molecule is Cc1c(CCC(=O)[O-])c(=O)oc2c(C)c3oc4c(c3cc12)CCCC4. The average Bonchev–Trinajstić information content (AvgIpc) is 2.95. The van der Waals surface area contributed by atoms with E-state index in [-0.39, 0.29) is 12.8 Å². The van der Waals surface area contributed by atoms with Crippen molar-refractivity contribution < 1.29 is 18.7 Å². The summed E-state index contributed by atoms with van der Waals surface area (Å²) >= 11 is 0. The number of hydrogen-bond donors (Lipinski definition) is 0. The van der Waals surface area contributed by atoms with Crippen LogP contribution >= 0.6 is 0 Å². The van der Waals surface area contributed by atoms with E-state index in [9.17, 15) is 14.7 Å². The van der Waals surface area contributed by atoms with Crippen LogP contribution < -0.4 is 10.7 Å². The Morgan fingerprint density at radius 1 is 1.08 bits per heavy atom. The molecule has 3 aromatic rings. The van der Waals surface area contributed by atoms with Gasteiger partial charge in [-0.05, 0) is 57.6 Å². The third-order valence-electron chi connectivity index (χ3n) is 5.30. The monoisotopic (exact) mass is 339 g/mol. The van der Waals surface area contributed by atoms with Gasteiger partial charge in [-0.25, -0.2) is 4.79 Å². The predicted octanol–water partition coefficient (Wildman–Crippen LogP) is 2.72. The Hall–Kier alpha value is -2.56. The van der Waals surface area contributed by atoms with Crippen LogP contribution in [0.1, 0.15) is 47.3 Å². The number of hydrogen-bond acceptors (Lipinski definition) is 5. The summed E-state index contributed by atoms with van der Waals surface area (Å²) < 4.78 is 11.6. The first kappa shape index (κ1) is 15.9. The van der Waals surface area contributed by atoms with Crippen molar-refractivity contribution in [3.05, 3.63) is 44.5 Å². The van der Waals surface area contributed by atoms with E-state index >= 15 is 0 Å². The minimum Gasteiger partial charge on any atom is -0.550 e. The molecule has 2 heterocycles. The fourth-order valence-corrected chi connectivity index (χ4v) is 3.93. The van der Waals surface area contributed by atoms with Crippen molar-refractivity contribution >= 4 is 27.9 Å². The molecule has 0 N–H and O–H groups in total. The summed E-state index contributed by atoms with van der Waals surface area (Å²) in [6.07, 6.45) is 4.15. The molecule has 0 unspecified atom stereocenters. The summed E-state index contributed by atoms with van der Waals surface area (Å²) in [6, 6.07) is 2.03. The number of aliphatic carboxylic acids is 1. The van der Waals surface area contributed by atoms with Crippen molar-refractivity contribution in [3.63, 3.8) is 0 Å². The Kier molecular flexibility index (Phi) is 3.67. The maximum absolute atomic E-state index is 12.3. The van der Waals surface area contributed by atoms with Gasteiger partial charge in [-0.2, -0.15) is 0 Å². The molecule has 0 bridgehead atoms. The zero-order chi connectivity index (χ0) is 17.7. The van der Waals surface area contributed by atoms with Crippen LogP contribution in [-0.4, -0.2) is 5.97 Å². The molecule has 0 spiro atoms. The van der Waals surface area contributed by atoms with Crippen LogP contribution in [0.4, 0.5) is 0 Å². The van der Waals surface area contributed by atoms with Crippen LogP contribution in [0, 0.1) is 13.8 Å². The molecule has 0 aliphatic heterocycles. The quantitative estimate of drug-likeness (QED) is 0.685. The van der Waals surface area contributed by atoms with E-state index in [2.05, 4.69) is 0 Å². The van der Waals surface area contributed by atoms with Gasteiger partial charge in [0.05, 0.1) is 0 Å². The maximum atomic E-state index is 12.3. The number of carbonyl (C=O) groups excluding carboxylic acids is 1. The molecule has 0 saturated carbocycles. The molecular formula is C20H19O5-. The fourth-order valence-electron chi connectivity index (χ4n) is 3.93. The zero-order valence-corrected chi connectivity index (χ0v) is 14.4. The largest absolute Gasteiger partial charge is 0.550 e. The highest BCUT2D eigenvalue weighted by Crippen LogP contribution is 2.37. The standard InChI is InChI=1S/C20H20O5/c1-10-12(7-8-17(21)22)20(23)25-18-11(2)19-15(9-14(10)18)13-5-3-4-6-16(13)24-19/h9H,3-8H2,1-2H3,(H,21,22)/p-1. The van der Waals surface area contributed by atoms with Crippen LogP contribution in [0.15, 0.2) is 19.7 Å². The van der Waals surface area contributed by atoms with E-state index in [0.717, 1.165) is 58.9 Å². The Morgan fingerprint density at radius 3 is 2.56 bits per heavy atom.